The van der Waals surface area contributed by atoms with Crippen molar-refractivity contribution in [3.8, 4) is 22.9 Å². The average molecular weight is 797 g/mol. The van der Waals surface area contributed by atoms with Crippen LogP contribution >= 0.6 is 22.9 Å². The monoisotopic (exact) mass is 796 g/mol. The molecular formula is C39H49ClN6O8S. The van der Waals surface area contributed by atoms with Crippen LogP contribution in [-0.4, -0.2) is 93.4 Å². The third-order valence-electron chi connectivity index (χ3n) is 10.4. The van der Waals surface area contributed by atoms with Crippen molar-refractivity contribution in [2.75, 3.05) is 19.0 Å². The number of thiazole rings is 1. The first-order valence-electron chi connectivity index (χ1n) is 18.6. The van der Waals surface area contributed by atoms with Gasteiger partial charge in [0, 0.05) is 35.2 Å². The molecule has 2 aromatic heterocycles. The Morgan fingerprint density at radius 1 is 1.11 bits per heavy atom. The van der Waals surface area contributed by atoms with Crippen molar-refractivity contribution < 1.29 is 38.5 Å². The first kappa shape index (κ1) is 40.0. The van der Waals surface area contributed by atoms with Crippen LogP contribution in [0.4, 0.5) is 9.93 Å². The van der Waals surface area contributed by atoms with E-state index >= 15 is 0 Å². The number of carboxylic acid groups (broad SMARTS) is 1. The SMILES string of the molecule is C=C[C@@H]1C[C@]1(NC(=O)[C@@H]1C[C@@H](Oc2cc(-c3csc(NC(C)C)n3)nc3c(Cl)c(OC)ccc23)CN1C(=O)[C@@H](NC(=O)OC1CCCC1)C(C)(C)C)C(=O)O. The maximum atomic E-state index is 14.6. The number of methoxy groups -OCH3 is 1. The van der Waals surface area contributed by atoms with Gasteiger partial charge in [-0.05, 0) is 63.5 Å². The van der Waals surface area contributed by atoms with E-state index in [0.717, 1.165) is 25.7 Å². The Kier molecular flexibility index (Phi) is 11.5. The number of nitrogens with zero attached hydrogens (tertiary/aromatic N) is 3. The van der Waals surface area contributed by atoms with Crippen molar-refractivity contribution in [3.05, 3.63) is 41.3 Å². The summed E-state index contributed by atoms with van der Waals surface area (Å²) >= 11 is 8.23. The van der Waals surface area contributed by atoms with Crippen LogP contribution in [0.3, 0.4) is 0 Å². The van der Waals surface area contributed by atoms with Crippen LogP contribution in [0.25, 0.3) is 22.3 Å². The number of fused-ring (bicyclic) bond motifs is 1. The molecule has 55 heavy (non-hydrogen) atoms. The van der Waals surface area contributed by atoms with Gasteiger partial charge in [-0.3, -0.25) is 9.59 Å². The number of benzene rings is 1. The van der Waals surface area contributed by atoms with Gasteiger partial charge in [-0.25, -0.2) is 19.6 Å². The third-order valence-corrected chi connectivity index (χ3v) is 11.5. The van der Waals surface area contributed by atoms with Crippen LogP contribution in [0.2, 0.25) is 5.02 Å². The highest BCUT2D eigenvalue weighted by molar-refractivity contribution is 7.14. The molecule has 0 unspecified atom stereocenters. The van der Waals surface area contributed by atoms with Crippen LogP contribution in [-0.2, 0) is 19.1 Å². The first-order chi connectivity index (χ1) is 26.0. The van der Waals surface area contributed by atoms with E-state index in [1.807, 2.05) is 40.0 Å². The van der Waals surface area contributed by atoms with E-state index in [4.69, 9.17) is 35.8 Å². The van der Waals surface area contributed by atoms with Crippen molar-refractivity contribution in [2.24, 2.45) is 11.3 Å². The second-order valence-corrected chi connectivity index (χ2v) is 17.1. The molecule has 6 rings (SSSR count). The van der Waals surface area contributed by atoms with Crippen molar-refractivity contribution in [2.45, 2.75) is 109 Å². The number of ether oxygens (including phenoxy) is 3. The Morgan fingerprint density at radius 2 is 1.84 bits per heavy atom. The molecule has 2 aliphatic carbocycles. The zero-order chi connectivity index (χ0) is 39.8. The molecule has 2 saturated carbocycles. The van der Waals surface area contributed by atoms with Gasteiger partial charge in [-0.2, -0.15) is 0 Å². The number of rotatable bonds is 13. The maximum absolute atomic E-state index is 14.6. The Morgan fingerprint density at radius 3 is 2.45 bits per heavy atom. The van der Waals surface area contributed by atoms with Crippen molar-refractivity contribution >= 4 is 62.8 Å². The summed E-state index contributed by atoms with van der Waals surface area (Å²) in [5.41, 5.74) is -0.839. The van der Waals surface area contributed by atoms with Crippen LogP contribution in [0, 0.1) is 11.3 Å². The lowest BCUT2D eigenvalue weighted by Crippen LogP contribution is -2.59. The standard InChI is InChI=1S/C39H49ClN6O8S/c1-8-21-17-39(21,35(49)50)45-33(47)27-15-23(18-46(27)34(48)32(38(4,5)6)44-37(51)54-22-11-9-10-12-22)53-29-16-25(26-19-55-36(43-26)41-20(2)3)42-31-24(29)13-14-28(52-7)30(31)40/h8,13-14,16,19-23,27,32H,1,9-12,15,17-18H2,2-7H3,(H,41,43)(H,44,51)(H,45,47)(H,49,50)/t21-,23-,27+,32-,39-/m1/s1. The molecule has 0 spiro atoms. The summed E-state index contributed by atoms with van der Waals surface area (Å²) in [6, 6.07) is 3.18. The van der Waals surface area contributed by atoms with E-state index < -0.39 is 58.9 Å². The van der Waals surface area contributed by atoms with Crippen molar-refractivity contribution in [3.63, 3.8) is 0 Å². The lowest BCUT2D eigenvalue weighted by molar-refractivity contribution is -0.146. The summed E-state index contributed by atoms with van der Waals surface area (Å²) in [5, 5.41) is 22.3. The van der Waals surface area contributed by atoms with E-state index in [1.54, 1.807) is 18.2 Å². The zero-order valence-corrected chi connectivity index (χ0v) is 33.5. The van der Waals surface area contributed by atoms with Crippen LogP contribution in [0.5, 0.6) is 11.5 Å². The normalized spacial score (nSPS) is 23.0. The Balaban J connectivity index is 1.34. The number of aromatic nitrogens is 2. The number of carbonyl (C=O) groups is 4. The van der Waals surface area contributed by atoms with Crippen molar-refractivity contribution in [1.29, 1.82) is 0 Å². The zero-order valence-electron chi connectivity index (χ0n) is 31.9. The lowest BCUT2D eigenvalue weighted by Gasteiger charge is -2.35. The topological polar surface area (TPSA) is 181 Å². The van der Waals surface area contributed by atoms with E-state index in [1.165, 1.54) is 29.4 Å². The number of pyridine rings is 1. The van der Waals surface area contributed by atoms with Crippen LogP contribution in [0.1, 0.15) is 73.1 Å². The van der Waals surface area contributed by atoms with Gasteiger partial charge in [0.25, 0.3) is 0 Å². The number of halogens is 1. The van der Waals surface area contributed by atoms with Gasteiger partial charge in [-0.1, -0.05) is 38.4 Å². The molecule has 14 nitrogen and oxygen atoms in total. The first-order valence-corrected chi connectivity index (χ1v) is 19.8. The summed E-state index contributed by atoms with van der Waals surface area (Å²) in [5.74, 6) is -2.02. The second-order valence-electron chi connectivity index (χ2n) is 15.9. The van der Waals surface area contributed by atoms with Gasteiger partial charge in [-0.15, -0.1) is 17.9 Å². The van der Waals surface area contributed by atoms with Gasteiger partial charge in [0.1, 0.15) is 52.0 Å². The number of alkyl carbamates (subject to hydrolysis) is 1. The van der Waals surface area contributed by atoms with Gasteiger partial charge < -0.3 is 40.2 Å². The number of hydrogen-bond acceptors (Lipinski definition) is 11. The highest BCUT2D eigenvalue weighted by Gasteiger charge is 2.61. The van der Waals surface area contributed by atoms with Crippen LogP contribution in [0.15, 0.2) is 36.2 Å². The average Bonchev–Trinajstić information content (AvgIpc) is 3.53. The van der Waals surface area contributed by atoms with Crippen LogP contribution < -0.4 is 25.4 Å². The number of carboxylic acids is 1. The highest BCUT2D eigenvalue weighted by Crippen LogP contribution is 2.45. The second kappa shape index (κ2) is 15.8. The fraction of sp³-hybridized carbons (Fsp3) is 0.538. The molecule has 1 saturated heterocycles. The maximum Gasteiger partial charge on any atom is 0.408 e. The minimum absolute atomic E-state index is 0.0254. The van der Waals surface area contributed by atoms with E-state index in [-0.39, 0.29) is 36.6 Å². The predicted molar refractivity (Wildman–Crippen MR) is 210 cm³/mol. The number of anilines is 1. The minimum Gasteiger partial charge on any atom is -0.495 e. The van der Waals surface area contributed by atoms with Crippen molar-refractivity contribution in [1.82, 2.24) is 25.5 Å². The predicted octanol–water partition coefficient (Wildman–Crippen LogP) is 6.42. The molecule has 296 valence electrons. The summed E-state index contributed by atoms with van der Waals surface area (Å²) in [7, 11) is 1.51. The molecule has 4 N–H and O–H groups in total. The number of hydrogen-bond donors (Lipinski definition) is 4. The molecule has 3 fully saturated rings. The largest absolute Gasteiger partial charge is 0.495 e. The fourth-order valence-corrected chi connectivity index (χ4v) is 8.43. The summed E-state index contributed by atoms with van der Waals surface area (Å²) in [6.45, 7) is 13.1. The van der Waals surface area contributed by atoms with Gasteiger partial charge in [0.2, 0.25) is 11.8 Å². The summed E-state index contributed by atoms with van der Waals surface area (Å²) in [4.78, 5) is 65.1. The van der Waals surface area contributed by atoms with E-state index in [2.05, 4.69) is 22.5 Å². The molecular weight excluding hydrogens is 748 g/mol. The van der Waals surface area contributed by atoms with E-state index in [9.17, 15) is 24.3 Å². The number of carbonyl (C=O) groups excluding carboxylic acids is 3. The highest BCUT2D eigenvalue weighted by atomic mass is 35.5. The number of amides is 3. The van der Waals surface area contributed by atoms with Gasteiger partial charge in [0.15, 0.2) is 5.13 Å². The molecule has 3 aromatic rings. The van der Waals surface area contributed by atoms with Gasteiger partial charge >= 0.3 is 12.1 Å². The summed E-state index contributed by atoms with van der Waals surface area (Å²) < 4.78 is 17.8. The van der Waals surface area contributed by atoms with E-state index in [0.29, 0.717) is 38.9 Å². The number of nitrogens with one attached hydrogen (secondary N) is 3. The molecule has 16 heteroatoms. The third kappa shape index (κ3) is 8.47. The number of aliphatic carboxylic acids is 1. The quantitative estimate of drug-likeness (QED) is 0.140. The molecule has 0 radical (unpaired) electrons. The molecule has 3 amide bonds. The molecule has 3 heterocycles. The number of likely N-dealkylation sites (tertiary alicyclic amines) is 1. The fourth-order valence-electron chi connectivity index (χ4n) is 7.30. The lowest BCUT2D eigenvalue weighted by atomic mass is 9.85. The van der Waals surface area contributed by atoms with Gasteiger partial charge in [0.05, 0.1) is 24.9 Å². The Labute approximate surface area is 329 Å². The molecule has 5 atom stereocenters. The Hall–Kier alpha value is -4.63. The summed E-state index contributed by atoms with van der Waals surface area (Å²) in [6.07, 6.45) is 3.48. The molecule has 1 aromatic carbocycles. The smallest absolute Gasteiger partial charge is 0.408 e. The molecule has 0 bridgehead atoms. The minimum atomic E-state index is -1.53. The molecule has 3 aliphatic rings. The molecule has 1 aliphatic heterocycles. The Bertz CT molecular complexity index is 1980.